The Morgan fingerprint density at radius 2 is 1.35 bits per heavy atom. The van der Waals surface area contributed by atoms with Gasteiger partial charge in [0.2, 0.25) is 0 Å². The van der Waals surface area contributed by atoms with E-state index in [1.807, 2.05) is 0 Å². The van der Waals surface area contributed by atoms with Crippen molar-refractivity contribution in [3.63, 3.8) is 0 Å². The third-order valence-corrected chi connectivity index (χ3v) is 2.98. The predicted molar refractivity (Wildman–Crippen MR) is 73.6 cm³/mol. The first-order chi connectivity index (χ1) is 8.20. The van der Waals surface area contributed by atoms with Crippen LogP contribution in [0.3, 0.4) is 0 Å². The van der Waals surface area contributed by atoms with Gasteiger partial charge in [-0.25, -0.2) is 0 Å². The van der Waals surface area contributed by atoms with Gasteiger partial charge < -0.3 is 10.6 Å². The van der Waals surface area contributed by atoms with E-state index in [1.165, 1.54) is 16.9 Å². The van der Waals surface area contributed by atoms with Gasteiger partial charge in [-0.1, -0.05) is 29.8 Å². The fraction of sp³-hybridized carbons (Fsp3) is 0.200. The number of nitrogens with zero attached hydrogens (tertiary/aromatic N) is 1. The molecule has 0 atom stereocenters. The molecule has 2 aromatic carbocycles. The Labute approximate surface area is 103 Å². The fourth-order valence-corrected chi connectivity index (χ4v) is 1.77. The highest BCUT2D eigenvalue weighted by molar-refractivity contribution is 5.62. The average Bonchev–Trinajstić information content (AvgIpc) is 2.39. The molecule has 88 valence electrons. The Hall–Kier alpha value is -1.80. The van der Waals surface area contributed by atoms with Gasteiger partial charge in [0, 0.05) is 25.0 Å². The second kappa shape index (κ2) is 5.02. The molecule has 0 saturated carbocycles. The molecule has 2 aromatic rings. The number of hydrogen-bond donors (Lipinski definition) is 1. The second-order valence-electron chi connectivity index (χ2n) is 4.27. The third kappa shape index (κ3) is 2.66. The van der Waals surface area contributed by atoms with E-state index in [4.69, 9.17) is 5.73 Å². The van der Waals surface area contributed by atoms with E-state index < -0.39 is 0 Å². The van der Waals surface area contributed by atoms with Gasteiger partial charge in [0.25, 0.3) is 0 Å². The van der Waals surface area contributed by atoms with Crippen LogP contribution in [0.5, 0.6) is 0 Å². The van der Waals surface area contributed by atoms with E-state index in [2.05, 4.69) is 67.4 Å². The minimum Gasteiger partial charge on any atom is -0.345 e. The van der Waals surface area contributed by atoms with Crippen LogP contribution in [0.1, 0.15) is 11.1 Å². The average molecular weight is 226 g/mol. The van der Waals surface area contributed by atoms with Gasteiger partial charge in [0.1, 0.15) is 0 Å². The molecule has 17 heavy (non-hydrogen) atoms. The summed E-state index contributed by atoms with van der Waals surface area (Å²) in [6.45, 7) is 2.69. The lowest BCUT2D eigenvalue weighted by molar-refractivity contribution is 1.07. The van der Waals surface area contributed by atoms with Crippen LogP contribution in [0.2, 0.25) is 0 Å². The standard InChI is InChI=1S/C15H18N2/c1-12-3-7-14(8-4-12)17(2)15-9-5-13(11-16)6-10-15/h3-10H,11,16H2,1-2H3. The first-order valence-corrected chi connectivity index (χ1v) is 5.80. The van der Waals surface area contributed by atoms with Crippen LogP contribution >= 0.6 is 0 Å². The zero-order valence-electron chi connectivity index (χ0n) is 10.4. The van der Waals surface area contributed by atoms with Crippen molar-refractivity contribution >= 4 is 11.4 Å². The summed E-state index contributed by atoms with van der Waals surface area (Å²) in [5.74, 6) is 0. The maximum Gasteiger partial charge on any atom is 0.0408 e. The molecule has 0 aliphatic heterocycles. The minimum absolute atomic E-state index is 0.592. The highest BCUT2D eigenvalue weighted by atomic mass is 15.1. The largest absolute Gasteiger partial charge is 0.345 e. The third-order valence-electron chi connectivity index (χ3n) is 2.98. The van der Waals surface area contributed by atoms with Gasteiger partial charge in [-0.05, 0) is 36.8 Å². The first-order valence-electron chi connectivity index (χ1n) is 5.80. The van der Waals surface area contributed by atoms with Crippen LogP contribution in [0.15, 0.2) is 48.5 Å². The van der Waals surface area contributed by atoms with Crippen molar-refractivity contribution < 1.29 is 0 Å². The smallest absolute Gasteiger partial charge is 0.0408 e. The lowest BCUT2D eigenvalue weighted by Crippen LogP contribution is -2.09. The number of hydrogen-bond acceptors (Lipinski definition) is 2. The minimum atomic E-state index is 0.592. The van der Waals surface area contributed by atoms with E-state index in [0.717, 1.165) is 5.56 Å². The number of aryl methyl sites for hydroxylation is 1. The molecular weight excluding hydrogens is 208 g/mol. The van der Waals surface area contributed by atoms with Gasteiger partial charge in [-0.2, -0.15) is 0 Å². The molecule has 0 radical (unpaired) electrons. The van der Waals surface area contributed by atoms with Gasteiger partial charge in [-0.15, -0.1) is 0 Å². The van der Waals surface area contributed by atoms with Gasteiger partial charge in [-0.3, -0.25) is 0 Å². The summed E-state index contributed by atoms with van der Waals surface area (Å²) in [5, 5.41) is 0. The highest BCUT2D eigenvalue weighted by Crippen LogP contribution is 2.23. The molecular formula is C15H18N2. The molecule has 0 aromatic heterocycles. The van der Waals surface area contributed by atoms with E-state index >= 15 is 0 Å². The summed E-state index contributed by atoms with van der Waals surface area (Å²) in [6, 6.07) is 16.8. The van der Waals surface area contributed by atoms with Crippen molar-refractivity contribution in [1.29, 1.82) is 0 Å². The number of anilines is 2. The van der Waals surface area contributed by atoms with Crippen LogP contribution in [-0.4, -0.2) is 7.05 Å². The van der Waals surface area contributed by atoms with E-state index in [-0.39, 0.29) is 0 Å². The zero-order valence-corrected chi connectivity index (χ0v) is 10.4. The fourth-order valence-electron chi connectivity index (χ4n) is 1.77. The maximum atomic E-state index is 5.59. The normalized spacial score (nSPS) is 10.3. The molecule has 2 heteroatoms. The molecule has 0 bridgehead atoms. The van der Waals surface area contributed by atoms with Crippen LogP contribution in [0.4, 0.5) is 11.4 Å². The summed E-state index contributed by atoms with van der Waals surface area (Å²) >= 11 is 0. The molecule has 0 saturated heterocycles. The lowest BCUT2D eigenvalue weighted by Gasteiger charge is -2.19. The van der Waals surface area contributed by atoms with Crippen molar-refractivity contribution in [2.24, 2.45) is 5.73 Å². The van der Waals surface area contributed by atoms with Gasteiger partial charge in [0.05, 0.1) is 0 Å². The van der Waals surface area contributed by atoms with Gasteiger partial charge in [0.15, 0.2) is 0 Å². The van der Waals surface area contributed by atoms with E-state index in [9.17, 15) is 0 Å². The summed E-state index contributed by atoms with van der Waals surface area (Å²) < 4.78 is 0. The molecule has 2 N–H and O–H groups in total. The highest BCUT2D eigenvalue weighted by Gasteiger charge is 2.02. The van der Waals surface area contributed by atoms with Crippen LogP contribution in [0.25, 0.3) is 0 Å². The summed E-state index contributed by atoms with van der Waals surface area (Å²) in [5.41, 5.74) is 10.4. The van der Waals surface area contributed by atoms with Crippen molar-refractivity contribution in [3.8, 4) is 0 Å². The number of rotatable bonds is 3. The Bertz CT molecular complexity index is 471. The molecule has 2 nitrogen and oxygen atoms in total. The quantitative estimate of drug-likeness (QED) is 0.870. The monoisotopic (exact) mass is 226 g/mol. The van der Waals surface area contributed by atoms with Crippen molar-refractivity contribution in [2.45, 2.75) is 13.5 Å². The summed E-state index contributed by atoms with van der Waals surface area (Å²) in [4.78, 5) is 2.17. The number of nitrogens with two attached hydrogens (primary N) is 1. The molecule has 0 amide bonds. The van der Waals surface area contributed by atoms with Gasteiger partial charge >= 0.3 is 0 Å². The van der Waals surface area contributed by atoms with E-state index in [0.29, 0.717) is 6.54 Å². The van der Waals surface area contributed by atoms with Crippen LogP contribution in [0, 0.1) is 6.92 Å². The Morgan fingerprint density at radius 3 is 1.82 bits per heavy atom. The first kappa shape index (κ1) is 11.7. The predicted octanol–water partition coefficient (Wildman–Crippen LogP) is 3.22. The molecule has 0 heterocycles. The molecule has 2 rings (SSSR count). The molecule has 0 aliphatic rings. The SMILES string of the molecule is Cc1ccc(N(C)c2ccc(CN)cc2)cc1. The second-order valence-corrected chi connectivity index (χ2v) is 4.27. The zero-order chi connectivity index (χ0) is 12.3. The van der Waals surface area contributed by atoms with Crippen molar-refractivity contribution in [2.75, 3.05) is 11.9 Å². The maximum absolute atomic E-state index is 5.59. The summed E-state index contributed by atoms with van der Waals surface area (Å²) in [7, 11) is 2.07. The molecule has 0 spiro atoms. The molecule has 0 fully saturated rings. The van der Waals surface area contributed by atoms with Crippen LogP contribution in [-0.2, 0) is 6.54 Å². The lowest BCUT2D eigenvalue weighted by atomic mass is 10.1. The van der Waals surface area contributed by atoms with Crippen LogP contribution < -0.4 is 10.6 Å². The summed E-state index contributed by atoms with van der Waals surface area (Å²) in [6.07, 6.45) is 0. The van der Waals surface area contributed by atoms with Crippen molar-refractivity contribution in [1.82, 2.24) is 0 Å². The molecule has 0 unspecified atom stereocenters. The van der Waals surface area contributed by atoms with Crippen molar-refractivity contribution in [3.05, 3.63) is 59.7 Å². The Kier molecular flexibility index (Phi) is 3.45. The Morgan fingerprint density at radius 1 is 0.882 bits per heavy atom. The van der Waals surface area contributed by atoms with E-state index in [1.54, 1.807) is 0 Å². The molecule has 0 aliphatic carbocycles. The topological polar surface area (TPSA) is 29.3 Å². The number of benzene rings is 2. The Balaban J connectivity index is 2.23.